The van der Waals surface area contributed by atoms with Crippen molar-refractivity contribution in [3.63, 3.8) is 0 Å². The molecule has 0 N–H and O–H groups in total. The van der Waals surface area contributed by atoms with Crippen molar-refractivity contribution in [1.29, 1.82) is 0 Å². The van der Waals surface area contributed by atoms with Crippen LogP contribution in [0.25, 0.3) is 27.9 Å². The van der Waals surface area contributed by atoms with Gasteiger partial charge in [0.1, 0.15) is 0 Å². The van der Waals surface area contributed by atoms with Gasteiger partial charge < -0.3 is 0 Å². The third-order valence-corrected chi connectivity index (χ3v) is 4.06. The average molecular weight is 361 g/mol. The summed E-state index contributed by atoms with van der Waals surface area (Å²) < 4.78 is 2.57. The van der Waals surface area contributed by atoms with Crippen molar-refractivity contribution in [3.8, 4) is 11.3 Å². The van der Waals surface area contributed by atoms with E-state index < -0.39 is 0 Å². The molecule has 0 amide bonds. The topological polar surface area (TPSA) is 56.0 Å². The van der Waals surface area contributed by atoms with Crippen LogP contribution >= 0.6 is 27.5 Å². The van der Waals surface area contributed by atoms with E-state index in [0.29, 0.717) is 10.8 Å². The van der Waals surface area contributed by atoms with Crippen LogP contribution in [0, 0.1) is 0 Å². The summed E-state index contributed by atoms with van der Waals surface area (Å²) in [6.45, 7) is 0. The van der Waals surface area contributed by atoms with Crippen molar-refractivity contribution >= 4 is 44.2 Å². The molecule has 5 nitrogen and oxygen atoms in total. The average Bonchev–Trinajstić information content (AvgIpc) is 2.95. The molecule has 102 valence electrons. The van der Waals surface area contributed by atoms with Gasteiger partial charge in [-0.3, -0.25) is 0 Å². The Morgan fingerprint density at radius 2 is 1.95 bits per heavy atom. The normalized spacial score (nSPS) is 11.3. The minimum Gasteiger partial charge on any atom is -0.209 e. The Morgan fingerprint density at radius 1 is 1.10 bits per heavy atom. The number of fused-ring (bicyclic) bond motifs is 3. The lowest BCUT2D eigenvalue weighted by Crippen LogP contribution is -1.97. The number of hydrogen-bond donors (Lipinski definition) is 0. The Bertz CT molecular complexity index is 982. The van der Waals surface area contributed by atoms with Gasteiger partial charge in [0.25, 0.3) is 5.78 Å². The van der Waals surface area contributed by atoms with Crippen LogP contribution in [0.3, 0.4) is 0 Å². The highest BCUT2D eigenvalue weighted by molar-refractivity contribution is 9.10. The number of nitrogens with zero attached hydrogens (tertiary/aromatic N) is 5. The first kappa shape index (κ1) is 12.7. The molecular weight excluding hydrogens is 354 g/mol. The molecule has 4 rings (SSSR count). The number of hydrogen-bond acceptors (Lipinski definition) is 4. The summed E-state index contributed by atoms with van der Waals surface area (Å²) in [5, 5.41) is 13.2. The Kier molecular flexibility index (Phi) is 2.87. The molecule has 0 bridgehead atoms. The Hall–Kier alpha value is -2.05. The number of aromatic nitrogens is 5. The van der Waals surface area contributed by atoms with Crippen molar-refractivity contribution in [2.75, 3.05) is 0 Å². The van der Waals surface area contributed by atoms with Crippen molar-refractivity contribution < 1.29 is 0 Å². The molecule has 0 aliphatic carbocycles. The molecule has 0 fully saturated rings. The highest BCUT2D eigenvalue weighted by Crippen LogP contribution is 2.33. The minimum absolute atomic E-state index is 0.444. The molecule has 0 radical (unpaired) electrons. The molecule has 0 atom stereocenters. The van der Waals surface area contributed by atoms with E-state index >= 15 is 0 Å². The fourth-order valence-corrected chi connectivity index (χ4v) is 2.90. The van der Waals surface area contributed by atoms with Crippen LogP contribution in [0.1, 0.15) is 0 Å². The number of tetrazole rings is 1. The van der Waals surface area contributed by atoms with Gasteiger partial charge in [-0.15, -0.1) is 0 Å². The van der Waals surface area contributed by atoms with Gasteiger partial charge in [0, 0.05) is 20.4 Å². The molecule has 0 aliphatic heterocycles. The van der Waals surface area contributed by atoms with E-state index in [4.69, 9.17) is 11.6 Å². The zero-order chi connectivity index (χ0) is 14.4. The first-order valence-electron chi connectivity index (χ1n) is 6.16. The van der Waals surface area contributed by atoms with Crippen LogP contribution in [-0.2, 0) is 0 Å². The van der Waals surface area contributed by atoms with Gasteiger partial charge in [0.05, 0.1) is 11.2 Å². The predicted octanol–water partition coefficient (Wildman–Crippen LogP) is 3.76. The van der Waals surface area contributed by atoms with E-state index in [9.17, 15) is 0 Å². The number of halogens is 2. The lowest BCUT2D eigenvalue weighted by molar-refractivity contribution is 0.840. The number of rotatable bonds is 1. The molecule has 0 spiro atoms. The monoisotopic (exact) mass is 359 g/mol. The van der Waals surface area contributed by atoms with Gasteiger partial charge in [-0.2, -0.15) is 4.52 Å². The van der Waals surface area contributed by atoms with Crippen molar-refractivity contribution in [3.05, 3.63) is 52.0 Å². The van der Waals surface area contributed by atoms with E-state index in [1.807, 2.05) is 42.5 Å². The van der Waals surface area contributed by atoms with Crippen molar-refractivity contribution in [2.45, 2.75) is 0 Å². The maximum atomic E-state index is 6.31. The molecule has 7 heteroatoms. The first-order chi connectivity index (χ1) is 10.2. The van der Waals surface area contributed by atoms with Gasteiger partial charge >= 0.3 is 0 Å². The molecule has 2 aromatic carbocycles. The molecule has 2 aromatic heterocycles. The minimum atomic E-state index is 0.444. The summed E-state index contributed by atoms with van der Waals surface area (Å²) in [6.07, 6.45) is 0. The molecule has 4 aromatic rings. The van der Waals surface area contributed by atoms with E-state index in [0.717, 1.165) is 26.6 Å². The molecule has 0 saturated carbocycles. The Labute approximate surface area is 132 Å². The van der Waals surface area contributed by atoms with Gasteiger partial charge in [-0.25, -0.2) is 4.98 Å². The molecule has 0 saturated heterocycles. The Morgan fingerprint density at radius 3 is 2.81 bits per heavy atom. The van der Waals surface area contributed by atoms with E-state index in [2.05, 4.69) is 36.4 Å². The van der Waals surface area contributed by atoms with Crippen LogP contribution in [-0.4, -0.2) is 25.0 Å². The fourth-order valence-electron chi connectivity index (χ4n) is 2.31. The summed E-state index contributed by atoms with van der Waals surface area (Å²) >= 11 is 9.80. The third kappa shape index (κ3) is 1.99. The van der Waals surface area contributed by atoms with E-state index in [-0.39, 0.29) is 0 Å². The summed E-state index contributed by atoms with van der Waals surface area (Å²) in [5.74, 6) is 0.444. The highest BCUT2D eigenvalue weighted by Gasteiger charge is 2.14. The smallest absolute Gasteiger partial charge is 0.209 e. The second kappa shape index (κ2) is 4.75. The van der Waals surface area contributed by atoms with Crippen molar-refractivity contribution in [2.24, 2.45) is 0 Å². The standard InChI is InChI=1S/C14H7BrClN5/c15-8-5-6-12-10(7-8)13(9-3-1-2-4-11(9)16)17-14-18-19-20-21(12)14/h1-7H. The van der Waals surface area contributed by atoms with Crippen LogP contribution < -0.4 is 0 Å². The highest BCUT2D eigenvalue weighted by atomic mass is 79.9. The second-order valence-electron chi connectivity index (χ2n) is 4.49. The second-order valence-corrected chi connectivity index (χ2v) is 5.82. The molecule has 2 heterocycles. The molecule has 0 unspecified atom stereocenters. The molecule has 21 heavy (non-hydrogen) atoms. The third-order valence-electron chi connectivity index (χ3n) is 3.24. The van der Waals surface area contributed by atoms with E-state index in [1.165, 1.54) is 0 Å². The lowest BCUT2D eigenvalue weighted by Gasteiger charge is -2.08. The van der Waals surface area contributed by atoms with Crippen LogP contribution in [0.4, 0.5) is 0 Å². The van der Waals surface area contributed by atoms with Crippen LogP contribution in [0.15, 0.2) is 46.9 Å². The zero-order valence-electron chi connectivity index (χ0n) is 10.5. The predicted molar refractivity (Wildman–Crippen MR) is 84.2 cm³/mol. The SMILES string of the molecule is Clc1ccccc1-c1nc2nnnn2c2ccc(Br)cc12. The van der Waals surface area contributed by atoms with Crippen LogP contribution in [0.2, 0.25) is 5.02 Å². The fraction of sp³-hybridized carbons (Fsp3) is 0. The summed E-state index contributed by atoms with van der Waals surface area (Å²) in [5.41, 5.74) is 2.50. The molecular formula is C14H7BrClN5. The van der Waals surface area contributed by atoms with Gasteiger partial charge in [0.15, 0.2) is 0 Å². The maximum absolute atomic E-state index is 6.31. The first-order valence-corrected chi connectivity index (χ1v) is 7.33. The maximum Gasteiger partial charge on any atom is 0.274 e. The van der Waals surface area contributed by atoms with Crippen LogP contribution in [0.5, 0.6) is 0 Å². The Balaban J connectivity index is 2.20. The zero-order valence-corrected chi connectivity index (χ0v) is 12.9. The van der Waals surface area contributed by atoms with Crippen molar-refractivity contribution in [1.82, 2.24) is 25.0 Å². The number of benzene rings is 2. The van der Waals surface area contributed by atoms with Gasteiger partial charge in [0.2, 0.25) is 0 Å². The van der Waals surface area contributed by atoms with Gasteiger partial charge in [-0.05, 0) is 34.7 Å². The summed E-state index contributed by atoms with van der Waals surface area (Å²) in [4.78, 5) is 4.56. The molecule has 0 aliphatic rings. The summed E-state index contributed by atoms with van der Waals surface area (Å²) in [7, 11) is 0. The summed E-state index contributed by atoms with van der Waals surface area (Å²) in [6, 6.07) is 13.5. The lowest BCUT2D eigenvalue weighted by atomic mass is 10.1. The largest absolute Gasteiger partial charge is 0.274 e. The quantitative estimate of drug-likeness (QED) is 0.519. The van der Waals surface area contributed by atoms with Gasteiger partial charge in [-0.1, -0.05) is 50.8 Å². The van der Waals surface area contributed by atoms with E-state index in [1.54, 1.807) is 4.52 Å².